The van der Waals surface area contributed by atoms with Crippen LogP contribution in [0.15, 0.2) is 16.7 Å². The van der Waals surface area contributed by atoms with Gasteiger partial charge in [0.15, 0.2) is 5.76 Å². The molecule has 0 spiro atoms. The Hall–Kier alpha value is -0.700. The Balaban J connectivity index is 2.17. The largest absolute Gasteiger partial charge is 0.461 e. The van der Waals surface area contributed by atoms with Crippen LogP contribution >= 0.6 is 11.8 Å². The smallest absolute Gasteiger partial charge is 0.202 e. The van der Waals surface area contributed by atoms with Crippen LogP contribution in [0.5, 0.6) is 0 Å². The molecule has 1 atom stereocenters. The maximum absolute atomic E-state index is 11.8. The predicted octanol–water partition coefficient (Wildman–Crippen LogP) is 2.52. The van der Waals surface area contributed by atoms with Crippen molar-refractivity contribution in [2.75, 3.05) is 11.5 Å². The highest BCUT2D eigenvalue weighted by atomic mass is 32.2. The number of furan rings is 1. The first-order valence-corrected chi connectivity index (χ1v) is 5.60. The summed E-state index contributed by atoms with van der Waals surface area (Å²) in [6.07, 6.45) is 2.59. The third-order valence-corrected chi connectivity index (χ3v) is 3.55. The summed E-state index contributed by atoms with van der Waals surface area (Å²) in [5.41, 5.74) is 0.960. The lowest BCUT2D eigenvalue weighted by molar-refractivity contribution is 0.0904. The summed E-state index contributed by atoms with van der Waals surface area (Å²) in [4.78, 5) is 11.8. The van der Waals surface area contributed by atoms with Gasteiger partial charge in [0, 0.05) is 11.7 Å². The van der Waals surface area contributed by atoms with Gasteiger partial charge in [-0.3, -0.25) is 4.79 Å². The molecule has 0 radical (unpaired) electrons. The second kappa shape index (κ2) is 3.58. The Labute approximate surface area is 81.7 Å². The van der Waals surface area contributed by atoms with E-state index < -0.39 is 0 Å². The van der Waals surface area contributed by atoms with Crippen molar-refractivity contribution in [1.29, 1.82) is 0 Å². The molecule has 0 aromatic carbocycles. The highest BCUT2D eigenvalue weighted by Gasteiger charge is 2.27. The van der Waals surface area contributed by atoms with Crippen LogP contribution < -0.4 is 0 Å². The molecule has 0 aliphatic carbocycles. The molecule has 1 fully saturated rings. The molecule has 2 nitrogen and oxygen atoms in total. The van der Waals surface area contributed by atoms with Crippen LogP contribution in [-0.4, -0.2) is 17.3 Å². The summed E-state index contributed by atoms with van der Waals surface area (Å²) in [6.45, 7) is 1.92. The van der Waals surface area contributed by atoms with Gasteiger partial charge in [0.2, 0.25) is 5.78 Å². The monoisotopic (exact) mass is 196 g/mol. The number of Topliss-reactive ketones (excluding diaryl/α,β-unsaturated/α-hetero) is 1. The number of thioether (sulfide) groups is 1. The van der Waals surface area contributed by atoms with Gasteiger partial charge in [-0.05, 0) is 30.7 Å². The minimum Gasteiger partial charge on any atom is -0.461 e. The summed E-state index contributed by atoms with van der Waals surface area (Å²) >= 11 is 1.85. The van der Waals surface area contributed by atoms with E-state index in [1.807, 2.05) is 24.8 Å². The molecule has 1 unspecified atom stereocenters. The predicted molar refractivity (Wildman–Crippen MR) is 53.2 cm³/mol. The van der Waals surface area contributed by atoms with Crippen LogP contribution in [0.25, 0.3) is 0 Å². The maximum Gasteiger partial charge on any atom is 0.202 e. The zero-order chi connectivity index (χ0) is 9.26. The van der Waals surface area contributed by atoms with E-state index in [1.54, 1.807) is 6.26 Å². The molecule has 0 saturated carbocycles. The van der Waals surface area contributed by atoms with E-state index in [-0.39, 0.29) is 11.7 Å². The van der Waals surface area contributed by atoms with Crippen molar-refractivity contribution in [1.82, 2.24) is 0 Å². The number of ketones is 1. The lowest BCUT2D eigenvalue weighted by Gasteiger charge is -2.04. The number of carbonyl (C=O) groups excluding carboxylic acids is 1. The Morgan fingerprint density at radius 1 is 1.69 bits per heavy atom. The molecule has 2 rings (SSSR count). The maximum atomic E-state index is 11.8. The molecule has 1 aromatic heterocycles. The normalized spacial score (nSPS) is 22.1. The van der Waals surface area contributed by atoms with Crippen LogP contribution in [0, 0.1) is 12.8 Å². The fourth-order valence-corrected chi connectivity index (χ4v) is 2.77. The van der Waals surface area contributed by atoms with Crippen molar-refractivity contribution in [2.24, 2.45) is 5.92 Å². The van der Waals surface area contributed by atoms with Gasteiger partial charge in [0.1, 0.15) is 0 Å². The van der Waals surface area contributed by atoms with Crippen LogP contribution in [0.3, 0.4) is 0 Å². The zero-order valence-corrected chi connectivity index (χ0v) is 8.39. The zero-order valence-electron chi connectivity index (χ0n) is 7.58. The highest BCUT2D eigenvalue weighted by Crippen LogP contribution is 2.27. The lowest BCUT2D eigenvalue weighted by atomic mass is 10.0. The summed E-state index contributed by atoms with van der Waals surface area (Å²) < 4.78 is 5.18. The van der Waals surface area contributed by atoms with Gasteiger partial charge in [-0.15, -0.1) is 0 Å². The first kappa shape index (κ1) is 8.88. The second-order valence-electron chi connectivity index (χ2n) is 3.36. The van der Waals surface area contributed by atoms with Crippen molar-refractivity contribution >= 4 is 17.5 Å². The van der Waals surface area contributed by atoms with Gasteiger partial charge in [0.05, 0.1) is 6.26 Å². The van der Waals surface area contributed by atoms with Crippen molar-refractivity contribution in [3.05, 3.63) is 23.7 Å². The molecule has 0 N–H and O–H groups in total. The summed E-state index contributed by atoms with van der Waals surface area (Å²) in [5, 5.41) is 0. The molecule has 3 heteroatoms. The van der Waals surface area contributed by atoms with Crippen molar-refractivity contribution < 1.29 is 9.21 Å². The molecule has 0 bridgehead atoms. The number of hydrogen-bond acceptors (Lipinski definition) is 3. The molecule has 13 heavy (non-hydrogen) atoms. The van der Waals surface area contributed by atoms with Gasteiger partial charge in [-0.1, -0.05) is 0 Å². The molecule has 1 aromatic rings. The van der Waals surface area contributed by atoms with Gasteiger partial charge in [-0.2, -0.15) is 11.8 Å². The molecule has 70 valence electrons. The van der Waals surface area contributed by atoms with Gasteiger partial charge < -0.3 is 4.42 Å². The summed E-state index contributed by atoms with van der Waals surface area (Å²) in [5.74, 6) is 3.00. The minimum absolute atomic E-state index is 0.188. The van der Waals surface area contributed by atoms with Crippen LogP contribution in [-0.2, 0) is 0 Å². The van der Waals surface area contributed by atoms with Crippen molar-refractivity contribution in [2.45, 2.75) is 13.3 Å². The van der Waals surface area contributed by atoms with E-state index in [1.165, 1.54) is 0 Å². The molecular formula is C10H12O2S. The van der Waals surface area contributed by atoms with Crippen molar-refractivity contribution in [3.63, 3.8) is 0 Å². The fraction of sp³-hybridized carbons (Fsp3) is 0.500. The first-order chi connectivity index (χ1) is 6.29. The Morgan fingerprint density at radius 2 is 2.54 bits per heavy atom. The van der Waals surface area contributed by atoms with Gasteiger partial charge >= 0.3 is 0 Å². The molecule has 2 heterocycles. The average Bonchev–Trinajstić information content (AvgIpc) is 2.72. The molecule has 1 aliphatic heterocycles. The van der Waals surface area contributed by atoms with Crippen molar-refractivity contribution in [3.8, 4) is 0 Å². The molecular weight excluding hydrogens is 184 g/mol. The Morgan fingerprint density at radius 3 is 3.08 bits per heavy atom. The minimum atomic E-state index is 0.188. The van der Waals surface area contributed by atoms with E-state index in [0.717, 1.165) is 23.5 Å². The average molecular weight is 196 g/mol. The lowest BCUT2D eigenvalue weighted by Crippen LogP contribution is -2.13. The molecule has 1 saturated heterocycles. The molecule has 0 amide bonds. The summed E-state index contributed by atoms with van der Waals surface area (Å²) in [6, 6.07) is 1.84. The van der Waals surface area contributed by atoms with Crippen LogP contribution in [0.2, 0.25) is 0 Å². The topological polar surface area (TPSA) is 30.2 Å². The second-order valence-corrected chi connectivity index (χ2v) is 4.51. The SMILES string of the molecule is Cc1ccoc1C(=O)C1CCSC1. The van der Waals surface area contributed by atoms with Crippen LogP contribution in [0.1, 0.15) is 22.5 Å². The highest BCUT2D eigenvalue weighted by molar-refractivity contribution is 7.99. The van der Waals surface area contributed by atoms with Crippen LogP contribution in [0.4, 0.5) is 0 Å². The fourth-order valence-electron chi connectivity index (χ4n) is 1.55. The first-order valence-electron chi connectivity index (χ1n) is 4.45. The molecule has 1 aliphatic rings. The van der Waals surface area contributed by atoms with Gasteiger partial charge in [-0.25, -0.2) is 0 Å². The number of rotatable bonds is 2. The Bertz CT molecular complexity index is 310. The van der Waals surface area contributed by atoms with E-state index in [9.17, 15) is 4.79 Å². The standard InChI is InChI=1S/C10H12O2S/c1-7-2-4-12-10(7)9(11)8-3-5-13-6-8/h2,4,8H,3,5-6H2,1H3. The van der Waals surface area contributed by atoms with E-state index in [0.29, 0.717) is 5.76 Å². The van der Waals surface area contributed by atoms with E-state index in [2.05, 4.69) is 0 Å². The van der Waals surface area contributed by atoms with Gasteiger partial charge in [0.25, 0.3) is 0 Å². The third kappa shape index (κ3) is 1.66. The van der Waals surface area contributed by atoms with E-state index >= 15 is 0 Å². The quantitative estimate of drug-likeness (QED) is 0.681. The number of carbonyl (C=O) groups is 1. The number of aryl methyl sites for hydroxylation is 1. The summed E-state index contributed by atoms with van der Waals surface area (Å²) in [7, 11) is 0. The number of hydrogen-bond donors (Lipinski definition) is 0. The Kier molecular flexibility index (Phi) is 2.44. The third-order valence-electron chi connectivity index (χ3n) is 2.39. The van der Waals surface area contributed by atoms with E-state index in [4.69, 9.17) is 4.42 Å².